The summed E-state index contributed by atoms with van der Waals surface area (Å²) in [7, 11) is 0. The van der Waals surface area contributed by atoms with Crippen molar-refractivity contribution in [2.75, 3.05) is 18.4 Å². The van der Waals surface area contributed by atoms with Crippen molar-refractivity contribution in [3.8, 4) is 0 Å². The Hall–Kier alpha value is -1.55. The van der Waals surface area contributed by atoms with Gasteiger partial charge in [0.1, 0.15) is 5.54 Å². The molecule has 0 aliphatic carbocycles. The smallest absolute Gasteiger partial charge is 0.243 e. The Balaban J connectivity index is 2.28. The second-order valence-electron chi connectivity index (χ2n) is 4.89. The van der Waals surface area contributed by atoms with Crippen LogP contribution in [0.2, 0.25) is 0 Å². The number of carbonyl (C=O) groups excluding carboxylic acids is 1. The first-order chi connectivity index (χ1) is 8.69. The fraction of sp³-hybridized carbons (Fsp3) is 0.500. The summed E-state index contributed by atoms with van der Waals surface area (Å²) in [4.78, 5) is 12.0. The van der Waals surface area contributed by atoms with E-state index >= 15 is 0 Å². The van der Waals surface area contributed by atoms with Gasteiger partial charge in [0, 0.05) is 18.2 Å². The predicted molar refractivity (Wildman–Crippen MR) is 73.3 cm³/mol. The number of anilines is 1. The van der Waals surface area contributed by atoms with Gasteiger partial charge in [0.15, 0.2) is 0 Å². The third kappa shape index (κ3) is 2.34. The molecule has 4 nitrogen and oxygen atoms in total. The summed E-state index contributed by atoms with van der Waals surface area (Å²) >= 11 is 0. The first kappa shape index (κ1) is 12.9. The van der Waals surface area contributed by atoms with Gasteiger partial charge in [0.05, 0.1) is 0 Å². The van der Waals surface area contributed by atoms with Crippen LogP contribution in [0.4, 0.5) is 5.69 Å². The molecule has 0 bridgehead atoms. The molecule has 0 aromatic heterocycles. The SMILES string of the molecule is CCC1CNCCC1(Nc1ccccc1)C(N)=O. The summed E-state index contributed by atoms with van der Waals surface area (Å²) < 4.78 is 0. The van der Waals surface area contributed by atoms with Crippen LogP contribution in [0.15, 0.2) is 30.3 Å². The van der Waals surface area contributed by atoms with Crippen molar-refractivity contribution in [1.29, 1.82) is 0 Å². The fourth-order valence-electron chi connectivity index (χ4n) is 2.76. The third-order valence-electron chi connectivity index (χ3n) is 3.86. The summed E-state index contributed by atoms with van der Waals surface area (Å²) in [6, 6.07) is 9.82. The monoisotopic (exact) mass is 247 g/mol. The lowest BCUT2D eigenvalue weighted by atomic mass is 9.76. The van der Waals surface area contributed by atoms with Crippen molar-refractivity contribution in [2.45, 2.75) is 25.3 Å². The van der Waals surface area contributed by atoms with Crippen molar-refractivity contribution >= 4 is 11.6 Å². The summed E-state index contributed by atoms with van der Waals surface area (Å²) in [6.07, 6.45) is 1.66. The minimum absolute atomic E-state index is 0.226. The highest BCUT2D eigenvalue weighted by molar-refractivity contribution is 5.88. The van der Waals surface area contributed by atoms with E-state index in [0.29, 0.717) is 0 Å². The standard InChI is InChI=1S/C14H21N3O/c1-2-11-10-16-9-8-14(11,13(15)18)17-12-6-4-3-5-7-12/h3-7,11,16-17H,2,8-10H2,1H3,(H2,15,18). The quantitative estimate of drug-likeness (QED) is 0.752. The highest BCUT2D eigenvalue weighted by Crippen LogP contribution is 2.31. The molecule has 2 unspecified atom stereocenters. The molecule has 1 aromatic rings. The number of hydrogen-bond acceptors (Lipinski definition) is 3. The maximum absolute atomic E-state index is 12.0. The van der Waals surface area contributed by atoms with Crippen molar-refractivity contribution in [3.63, 3.8) is 0 Å². The third-order valence-corrected chi connectivity index (χ3v) is 3.86. The van der Waals surface area contributed by atoms with E-state index in [0.717, 1.165) is 31.6 Å². The van der Waals surface area contributed by atoms with E-state index in [1.807, 2.05) is 30.3 Å². The zero-order valence-corrected chi connectivity index (χ0v) is 10.8. The van der Waals surface area contributed by atoms with Crippen molar-refractivity contribution < 1.29 is 4.79 Å². The minimum atomic E-state index is -0.624. The summed E-state index contributed by atoms with van der Waals surface area (Å²) in [6.45, 7) is 3.75. The average Bonchev–Trinajstić information content (AvgIpc) is 2.40. The van der Waals surface area contributed by atoms with Crippen LogP contribution >= 0.6 is 0 Å². The van der Waals surface area contributed by atoms with Gasteiger partial charge in [-0.1, -0.05) is 25.1 Å². The van der Waals surface area contributed by atoms with Gasteiger partial charge in [-0.05, 0) is 31.5 Å². The molecule has 1 saturated heterocycles. The normalized spacial score (nSPS) is 27.7. The van der Waals surface area contributed by atoms with Crippen molar-refractivity contribution in [1.82, 2.24) is 5.32 Å². The second-order valence-corrected chi connectivity index (χ2v) is 4.89. The van der Waals surface area contributed by atoms with Crippen LogP contribution in [-0.2, 0) is 4.79 Å². The van der Waals surface area contributed by atoms with E-state index in [9.17, 15) is 4.79 Å². The molecule has 0 saturated carbocycles. The molecule has 1 aliphatic heterocycles. The van der Waals surface area contributed by atoms with Crippen molar-refractivity contribution in [3.05, 3.63) is 30.3 Å². The van der Waals surface area contributed by atoms with Gasteiger partial charge in [-0.25, -0.2) is 0 Å². The molecule has 0 radical (unpaired) electrons. The van der Waals surface area contributed by atoms with Gasteiger partial charge in [0.25, 0.3) is 0 Å². The van der Waals surface area contributed by atoms with Crippen LogP contribution in [0, 0.1) is 5.92 Å². The Bertz CT molecular complexity index is 407. The topological polar surface area (TPSA) is 67.2 Å². The number of rotatable bonds is 4. The highest BCUT2D eigenvalue weighted by Gasteiger charge is 2.44. The van der Waals surface area contributed by atoms with Gasteiger partial charge in [-0.15, -0.1) is 0 Å². The molecule has 1 aliphatic rings. The lowest BCUT2D eigenvalue weighted by Gasteiger charge is -2.43. The summed E-state index contributed by atoms with van der Waals surface area (Å²) in [5.74, 6) is -0.0244. The van der Waals surface area contributed by atoms with Gasteiger partial charge >= 0.3 is 0 Å². The zero-order valence-electron chi connectivity index (χ0n) is 10.8. The minimum Gasteiger partial charge on any atom is -0.371 e. The number of para-hydroxylation sites is 1. The molecular weight excluding hydrogens is 226 g/mol. The second kappa shape index (κ2) is 5.40. The Labute approximate surface area is 108 Å². The van der Waals surface area contributed by atoms with E-state index in [-0.39, 0.29) is 11.8 Å². The Morgan fingerprint density at radius 3 is 2.83 bits per heavy atom. The number of amides is 1. The first-order valence-electron chi connectivity index (χ1n) is 6.53. The number of benzene rings is 1. The van der Waals surface area contributed by atoms with E-state index in [4.69, 9.17) is 5.73 Å². The van der Waals surface area contributed by atoms with Gasteiger partial charge < -0.3 is 16.4 Å². The lowest BCUT2D eigenvalue weighted by molar-refractivity contribution is -0.125. The van der Waals surface area contributed by atoms with E-state index in [2.05, 4.69) is 17.6 Å². The van der Waals surface area contributed by atoms with Gasteiger partial charge in [-0.2, -0.15) is 0 Å². The molecule has 2 atom stereocenters. The Kier molecular flexibility index (Phi) is 3.87. The molecule has 2 rings (SSSR count). The molecule has 98 valence electrons. The van der Waals surface area contributed by atoms with E-state index in [1.165, 1.54) is 0 Å². The number of hydrogen-bond donors (Lipinski definition) is 3. The molecule has 4 heteroatoms. The molecule has 0 spiro atoms. The molecule has 1 aromatic carbocycles. The molecule has 18 heavy (non-hydrogen) atoms. The number of nitrogens with two attached hydrogens (primary N) is 1. The number of piperidine rings is 1. The molecule has 1 fully saturated rings. The average molecular weight is 247 g/mol. The lowest BCUT2D eigenvalue weighted by Crippen LogP contribution is -2.62. The Morgan fingerprint density at radius 1 is 1.50 bits per heavy atom. The summed E-state index contributed by atoms with van der Waals surface area (Å²) in [5, 5.41) is 6.71. The summed E-state index contributed by atoms with van der Waals surface area (Å²) in [5.41, 5.74) is 6.02. The van der Waals surface area contributed by atoms with Crippen molar-refractivity contribution in [2.24, 2.45) is 11.7 Å². The van der Waals surface area contributed by atoms with Crippen LogP contribution in [-0.4, -0.2) is 24.5 Å². The number of primary amides is 1. The zero-order chi connectivity index (χ0) is 13.0. The van der Waals surface area contributed by atoms with Gasteiger partial charge in [-0.3, -0.25) is 4.79 Å². The molecule has 4 N–H and O–H groups in total. The van der Waals surface area contributed by atoms with Crippen LogP contribution in [0.25, 0.3) is 0 Å². The maximum atomic E-state index is 12.0. The number of nitrogens with one attached hydrogen (secondary N) is 2. The van der Waals surface area contributed by atoms with Crippen LogP contribution in [0.5, 0.6) is 0 Å². The van der Waals surface area contributed by atoms with Gasteiger partial charge in [0.2, 0.25) is 5.91 Å². The molecule has 1 amide bonds. The highest BCUT2D eigenvalue weighted by atomic mass is 16.1. The largest absolute Gasteiger partial charge is 0.371 e. The predicted octanol–water partition coefficient (Wildman–Crippen LogP) is 1.34. The van der Waals surface area contributed by atoms with E-state index < -0.39 is 5.54 Å². The van der Waals surface area contributed by atoms with Crippen LogP contribution in [0.3, 0.4) is 0 Å². The first-order valence-corrected chi connectivity index (χ1v) is 6.53. The maximum Gasteiger partial charge on any atom is 0.243 e. The number of carbonyl (C=O) groups is 1. The van der Waals surface area contributed by atoms with Crippen LogP contribution < -0.4 is 16.4 Å². The Morgan fingerprint density at radius 2 is 2.22 bits per heavy atom. The van der Waals surface area contributed by atoms with Crippen LogP contribution in [0.1, 0.15) is 19.8 Å². The van der Waals surface area contributed by atoms with E-state index in [1.54, 1.807) is 0 Å². The molecular formula is C14H21N3O. The fourth-order valence-corrected chi connectivity index (χ4v) is 2.76. The molecule has 1 heterocycles.